The van der Waals surface area contributed by atoms with Crippen LogP contribution in [-0.2, 0) is 9.53 Å². The van der Waals surface area contributed by atoms with Crippen LogP contribution in [0.25, 0.3) is 0 Å². The molecule has 0 radical (unpaired) electrons. The Morgan fingerprint density at radius 2 is 2.05 bits per heavy atom. The standard InChI is InChI=1S/C14H17BrClNO3/c1-4-8(2)12(14(19)20-3)17-13(18)9-5-10(15)7-11(16)6-9/h5-8,12H,4H2,1-3H3,(H,17,18). The minimum atomic E-state index is -0.671. The summed E-state index contributed by atoms with van der Waals surface area (Å²) in [4.78, 5) is 23.9. The summed E-state index contributed by atoms with van der Waals surface area (Å²) < 4.78 is 5.43. The predicted octanol–water partition coefficient (Wildman–Crippen LogP) is 3.42. The maximum atomic E-state index is 12.2. The molecule has 0 saturated heterocycles. The maximum absolute atomic E-state index is 12.2. The van der Waals surface area contributed by atoms with Gasteiger partial charge in [-0.25, -0.2) is 4.79 Å². The molecule has 1 aromatic carbocycles. The largest absolute Gasteiger partial charge is 0.467 e. The van der Waals surface area contributed by atoms with E-state index >= 15 is 0 Å². The number of ether oxygens (including phenoxy) is 1. The summed E-state index contributed by atoms with van der Waals surface area (Å²) in [7, 11) is 1.31. The van der Waals surface area contributed by atoms with Gasteiger partial charge in [0.05, 0.1) is 7.11 Å². The third kappa shape index (κ3) is 4.49. The normalized spacial score (nSPS) is 13.4. The monoisotopic (exact) mass is 361 g/mol. The van der Waals surface area contributed by atoms with E-state index in [1.54, 1.807) is 18.2 Å². The van der Waals surface area contributed by atoms with Gasteiger partial charge in [-0.05, 0) is 24.1 Å². The van der Waals surface area contributed by atoms with Gasteiger partial charge in [0.2, 0.25) is 0 Å². The number of nitrogens with one attached hydrogen (secondary N) is 1. The highest BCUT2D eigenvalue weighted by Crippen LogP contribution is 2.20. The lowest BCUT2D eigenvalue weighted by Crippen LogP contribution is -2.45. The van der Waals surface area contributed by atoms with Crippen molar-refractivity contribution >= 4 is 39.4 Å². The number of amides is 1. The first-order chi connectivity index (χ1) is 9.38. The summed E-state index contributed by atoms with van der Waals surface area (Å²) in [6, 6.07) is 4.21. The van der Waals surface area contributed by atoms with E-state index in [1.165, 1.54) is 7.11 Å². The lowest BCUT2D eigenvalue weighted by Gasteiger charge is -2.21. The molecule has 0 aliphatic heterocycles. The van der Waals surface area contributed by atoms with Crippen molar-refractivity contribution in [3.63, 3.8) is 0 Å². The predicted molar refractivity (Wildman–Crippen MR) is 81.9 cm³/mol. The van der Waals surface area contributed by atoms with Crippen LogP contribution in [0.4, 0.5) is 0 Å². The zero-order chi connectivity index (χ0) is 15.3. The molecule has 0 aliphatic rings. The van der Waals surface area contributed by atoms with Crippen LogP contribution in [0.15, 0.2) is 22.7 Å². The minimum absolute atomic E-state index is 0.0194. The average molecular weight is 363 g/mol. The fourth-order valence-electron chi connectivity index (χ4n) is 1.71. The van der Waals surface area contributed by atoms with Gasteiger partial charge >= 0.3 is 5.97 Å². The third-order valence-corrected chi connectivity index (χ3v) is 3.76. The molecule has 4 nitrogen and oxygen atoms in total. The molecular formula is C14H17BrClNO3. The topological polar surface area (TPSA) is 55.4 Å². The van der Waals surface area contributed by atoms with Crippen molar-refractivity contribution in [2.45, 2.75) is 26.3 Å². The van der Waals surface area contributed by atoms with Gasteiger partial charge in [0.1, 0.15) is 6.04 Å². The van der Waals surface area contributed by atoms with Crippen molar-refractivity contribution < 1.29 is 14.3 Å². The van der Waals surface area contributed by atoms with Crippen LogP contribution in [0.3, 0.4) is 0 Å². The molecule has 0 saturated carbocycles. The number of carbonyl (C=O) groups excluding carboxylic acids is 2. The summed E-state index contributed by atoms with van der Waals surface area (Å²) in [5.74, 6) is -0.827. The Morgan fingerprint density at radius 1 is 1.40 bits per heavy atom. The van der Waals surface area contributed by atoms with E-state index in [1.807, 2.05) is 13.8 Å². The van der Waals surface area contributed by atoms with Crippen LogP contribution in [-0.4, -0.2) is 25.0 Å². The molecule has 1 aromatic rings. The molecule has 1 rings (SSSR count). The fourth-order valence-corrected chi connectivity index (χ4v) is 2.57. The van der Waals surface area contributed by atoms with E-state index in [0.29, 0.717) is 15.1 Å². The molecule has 1 N–H and O–H groups in total. The molecule has 110 valence electrons. The van der Waals surface area contributed by atoms with E-state index in [9.17, 15) is 9.59 Å². The molecule has 2 unspecified atom stereocenters. The van der Waals surface area contributed by atoms with E-state index in [-0.39, 0.29) is 11.8 Å². The number of hydrogen-bond acceptors (Lipinski definition) is 3. The molecule has 2 atom stereocenters. The summed E-state index contributed by atoms with van der Waals surface area (Å²) in [5.41, 5.74) is 0.390. The van der Waals surface area contributed by atoms with Crippen molar-refractivity contribution in [1.29, 1.82) is 0 Å². The van der Waals surface area contributed by atoms with Gasteiger partial charge in [-0.2, -0.15) is 0 Å². The molecule has 0 bridgehead atoms. The molecule has 0 fully saturated rings. The molecule has 0 heterocycles. The Morgan fingerprint density at radius 3 is 2.55 bits per heavy atom. The van der Waals surface area contributed by atoms with Crippen molar-refractivity contribution in [3.8, 4) is 0 Å². The van der Waals surface area contributed by atoms with Gasteiger partial charge in [0.25, 0.3) is 5.91 Å². The van der Waals surface area contributed by atoms with E-state index < -0.39 is 12.0 Å². The van der Waals surface area contributed by atoms with Crippen LogP contribution in [0.5, 0.6) is 0 Å². The number of halogens is 2. The second-order valence-corrected chi connectivity index (χ2v) is 5.87. The number of rotatable bonds is 5. The molecule has 0 spiro atoms. The summed E-state index contributed by atoms with van der Waals surface area (Å²) in [5, 5.41) is 3.14. The quantitative estimate of drug-likeness (QED) is 0.817. The highest BCUT2D eigenvalue weighted by Gasteiger charge is 2.27. The van der Waals surface area contributed by atoms with Crippen molar-refractivity contribution in [1.82, 2.24) is 5.32 Å². The van der Waals surface area contributed by atoms with Crippen LogP contribution in [0.2, 0.25) is 5.02 Å². The molecular weight excluding hydrogens is 346 g/mol. The first kappa shape index (κ1) is 17.0. The smallest absolute Gasteiger partial charge is 0.328 e. The van der Waals surface area contributed by atoms with E-state index in [2.05, 4.69) is 21.2 Å². The molecule has 20 heavy (non-hydrogen) atoms. The third-order valence-electron chi connectivity index (χ3n) is 3.08. The molecule has 1 amide bonds. The fraction of sp³-hybridized carbons (Fsp3) is 0.429. The lowest BCUT2D eigenvalue weighted by molar-refractivity contribution is -0.144. The van der Waals surface area contributed by atoms with E-state index in [4.69, 9.17) is 16.3 Å². The Hall–Kier alpha value is -1.07. The number of methoxy groups -OCH3 is 1. The first-order valence-electron chi connectivity index (χ1n) is 6.23. The van der Waals surface area contributed by atoms with Gasteiger partial charge in [0.15, 0.2) is 0 Å². The van der Waals surface area contributed by atoms with Gasteiger partial charge in [0, 0.05) is 15.1 Å². The Bertz CT molecular complexity index is 487. The Labute approximate surface area is 132 Å². The van der Waals surface area contributed by atoms with Crippen molar-refractivity contribution in [2.75, 3.05) is 7.11 Å². The van der Waals surface area contributed by atoms with Gasteiger partial charge < -0.3 is 10.1 Å². The first-order valence-corrected chi connectivity index (χ1v) is 7.40. The highest BCUT2D eigenvalue weighted by molar-refractivity contribution is 9.10. The zero-order valence-corrected chi connectivity index (χ0v) is 13.9. The highest BCUT2D eigenvalue weighted by atomic mass is 79.9. The SMILES string of the molecule is CCC(C)C(NC(=O)c1cc(Cl)cc(Br)c1)C(=O)OC. The lowest BCUT2D eigenvalue weighted by atomic mass is 9.99. The second-order valence-electron chi connectivity index (χ2n) is 4.52. The zero-order valence-electron chi connectivity index (χ0n) is 11.6. The number of esters is 1. The number of carbonyl (C=O) groups is 2. The van der Waals surface area contributed by atoms with Crippen LogP contribution < -0.4 is 5.32 Å². The van der Waals surface area contributed by atoms with E-state index in [0.717, 1.165) is 6.42 Å². The van der Waals surface area contributed by atoms with Crippen LogP contribution in [0, 0.1) is 5.92 Å². The average Bonchev–Trinajstić information content (AvgIpc) is 2.41. The summed E-state index contributed by atoms with van der Waals surface area (Å²) >= 11 is 9.19. The van der Waals surface area contributed by atoms with Gasteiger partial charge in [-0.15, -0.1) is 0 Å². The van der Waals surface area contributed by atoms with Gasteiger partial charge in [-0.3, -0.25) is 4.79 Å². The number of hydrogen-bond donors (Lipinski definition) is 1. The molecule has 6 heteroatoms. The summed E-state index contributed by atoms with van der Waals surface area (Å²) in [6.45, 7) is 3.83. The van der Waals surface area contributed by atoms with Crippen LogP contribution >= 0.6 is 27.5 Å². The number of benzene rings is 1. The Balaban J connectivity index is 2.93. The van der Waals surface area contributed by atoms with Crippen molar-refractivity contribution in [3.05, 3.63) is 33.3 Å². The molecule has 0 aromatic heterocycles. The second kappa shape index (κ2) is 7.64. The minimum Gasteiger partial charge on any atom is -0.467 e. The summed E-state index contributed by atoms with van der Waals surface area (Å²) in [6.07, 6.45) is 0.749. The maximum Gasteiger partial charge on any atom is 0.328 e. The van der Waals surface area contributed by atoms with Crippen molar-refractivity contribution in [2.24, 2.45) is 5.92 Å². The van der Waals surface area contributed by atoms with Crippen LogP contribution in [0.1, 0.15) is 30.6 Å². The van der Waals surface area contributed by atoms with Gasteiger partial charge in [-0.1, -0.05) is 47.8 Å². The Kier molecular flexibility index (Phi) is 6.49. The molecule has 0 aliphatic carbocycles.